The molecule has 0 aliphatic carbocycles. The van der Waals surface area contributed by atoms with Gasteiger partial charge in [-0.25, -0.2) is 4.98 Å². The first-order chi connectivity index (χ1) is 8.46. The summed E-state index contributed by atoms with van der Waals surface area (Å²) in [5.74, 6) is 0.902. The average Bonchev–Trinajstić information content (AvgIpc) is 2.75. The first kappa shape index (κ1) is 12.6. The van der Waals surface area contributed by atoms with Gasteiger partial charge in [0.1, 0.15) is 5.82 Å². The summed E-state index contributed by atoms with van der Waals surface area (Å²) in [4.78, 5) is 4.36. The van der Waals surface area contributed by atoms with Crippen LogP contribution in [0.2, 0.25) is 0 Å². The van der Waals surface area contributed by atoms with Crippen LogP contribution in [0.5, 0.6) is 0 Å². The van der Waals surface area contributed by atoms with Gasteiger partial charge in [0.25, 0.3) is 0 Å². The normalized spacial score (nSPS) is 11.7. The standard InChI is InChI=1S/C14H19N3O/c1-14(2,18)7-9-17-10-8-16-13(17)11-3-5-12(15)6-4-11/h3-6,8,10,18H,7,9,15H2,1-2H3. The summed E-state index contributed by atoms with van der Waals surface area (Å²) in [6, 6.07) is 7.64. The zero-order valence-corrected chi connectivity index (χ0v) is 10.8. The molecule has 1 aromatic heterocycles. The van der Waals surface area contributed by atoms with Crippen molar-refractivity contribution in [3.8, 4) is 11.4 Å². The van der Waals surface area contributed by atoms with E-state index in [1.165, 1.54) is 0 Å². The molecule has 96 valence electrons. The van der Waals surface area contributed by atoms with Gasteiger partial charge in [-0.05, 0) is 44.5 Å². The molecule has 3 N–H and O–H groups in total. The predicted molar refractivity (Wildman–Crippen MR) is 73.0 cm³/mol. The topological polar surface area (TPSA) is 64.1 Å². The maximum absolute atomic E-state index is 9.76. The van der Waals surface area contributed by atoms with E-state index >= 15 is 0 Å². The van der Waals surface area contributed by atoms with E-state index in [-0.39, 0.29) is 0 Å². The lowest BCUT2D eigenvalue weighted by Gasteiger charge is -2.18. The van der Waals surface area contributed by atoms with Crippen molar-refractivity contribution < 1.29 is 5.11 Å². The summed E-state index contributed by atoms with van der Waals surface area (Å²) >= 11 is 0. The lowest BCUT2D eigenvalue weighted by atomic mass is 10.1. The second-order valence-corrected chi connectivity index (χ2v) is 5.13. The molecule has 0 saturated carbocycles. The van der Waals surface area contributed by atoms with Gasteiger partial charge in [-0.2, -0.15) is 0 Å². The molecule has 0 aliphatic heterocycles. The second kappa shape index (κ2) is 4.82. The predicted octanol–water partition coefficient (Wildman–Crippen LogP) is 2.29. The Balaban J connectivity index is 2.20. The van der Waals surface area contributed by atoms with Crippen molar-refractivity contribution in [2.75, 3.05) is 5.73 Å². The minimum atomic E-state index is -0.664. The van der Waals surface area contributed by atoms with E-state index in [0.29, 0.717) is 6.42 Å². The lowest BCUT2D eigenvalue weighted by molar-refractivity contribution is 0.0663. The Morgan fingerprint density at radius 3 is 2.56 bits per heavy atom. The molecule has 18 heavy (non-hydrogen) atoms. The molecule has 0 spiro atoms. The van der Waals surface area contributed by atoms with Crippen molar-refractivity contribution in [3.05, 3.63) is 36.7 Å². The molecule has 0 saturated heterocycles. The van der Waals surface area contributed by atoms with Crippen LogP contribution in [0.4, 0.5) is 5.69 Å². The molecule has 4 heteroatoms. The zero-order chi connectivity index (χ0) is 13.2. The number of hydrogen-bond acceptors (Lipinski definition) is 3. The smallest absolute Gasteiger partial charge is 0.139 e. The Labute approximate surface area is 107 Å². The van der Waals surface area contributed by atoms with Crippen LogP contribution in [0, 0.1) is 0 Å². The second-order valence-electron chi connectivity index (χ2n) is 5.13. The van der Waals surface area contributed by atoms with Gasteiger partial charge in [0.05, 0.1) is 5.60 Å². The highest BCUT2D eigenvalue weighted by Crippen LogP contribution is 2.20. The van der Waals surface area contributed by atoms with Crippen LogP contribution in [-0.4, -0.2) is 20.3 Å². The van der Waals surface area contributed by atoms with Gasteiger partial charge in [-0.3, -0.25) is 0 Å². The minimum Gasteiger partial charge on any atom is -0.399 e. The number of rotatable bonds is 4. The van der Waals surface area contributed by atoms with Crippen LogP contribution in [0.15, 0.2) is 36.7 Å². The van der Waals surface area contributed by atoms with E-state index in [0.717, 1.165) is 23.6 Å². The average molecular weight is 245 g/mol. The Morgan fingerprint density at radius 2 is 1.94 bits per heavy atom. The van der Waals surface area contributed by atoms with E-state index in [1.807, 2.05) is 48.9 Å². The van der Waals surface area contributed by atoms with Gasteiger partial charge in [-0.15, -0.1) is 0 Å². The number of hydrogen-bond donors (Lipinski definition) is 2. The van der Waals surface area contributed by atoms with Crippen LogP contribution in [0.3, 0.4) is 0 Å². The van der Waals surface area contributed by atoms with E-state index in [4.69, 9.17) is 5.73 Å². The summed E-state index contributed by atoms with van der Waals surface area (Å²) in [6.45, 7) is 4.36. The molecule has 4 nitrogen and oxygen atoms in total. The molecule has 0 unspecified atom stereocenters. The Hall–Kier alpha value is -1.81. The Kier molecular flexibility index (Phi) is 3.39. The first-order valence-corrected chi connectivity index (χ1v) is 6.05. The number of anilines is 1. The zero-order valence-electron chi connectivity index (χ0n) is 10.8. The van der Waals surface area contributed by atoms with Crippen molar-refractivity contribution in [3.63, 3.8) is 0 Å². The van der Waals surface area contributed by atoms with Gasteiger partial charge in [-0.1, -0.05) is 0 Å². The quantitative estimate of drug-likeness (QED) is 0.812. The fourth-order valence-electron chi connectivity index (χ4n) is 1.78. The van der Waals surface area contributed by atoms with Crippen molar-refractivity contribution >= 4 is 5.69 Å². The fourth-order valence-corrected chi connectivity index (χ4v) is 1.78. The number of aryl methyl sites for hydroxylation is 1. The molecule has 0 amide bonds. The summed E-state index contributed by atoms with van der Waals surface area (Å²) in [7, 11) is 0. The summed E-state index contributed by atoms with van der Waals surface area (Å²) in [6.07, 6.45) is 4.39. The van der Waals surface area contributed by atoms with E-state index in [2.05, 4.69) is 4.98 Å². The number of nitrogen functional groups attached to an aromatic ring is 1. The van der Waals surface area contributed by atoms with Crippen LogP contribution < -0.4 is 5.73 Å². The molecule has 0 fully saturated rings. The third-order valence-electron chi connectivity index (χ3n) is 2.85. The molecule has 2 aromatic rings. The first-order valence-electron chi connectivity index (χ1n) is 6.05. The maximum atomic E-state index is 9.76. The lowest BCUT2D eigenvalue weighted by Crippen LogP contribution is -2.21. The molecule has 0 radical (unpaired) electrons. The highest BCUT2D eigenvalue weighted by atomic mass is 16.3. The van der Waals surface area contributed by atoms with Gasteiger partial charge in [0.2, 0.25) is 0 Å². The van der Waals surface area contributed by atoms with E-state index < -0.39 is 5.60 Å². The van der Waals surface area contributed by atoms with E-state index in [1.54, 1.807) is 6.20 Å². The van der Waals surface area contributed by atoms with Crippen molar-refractivity contribution in [1.82, 2.24) is 9.55 Å². The highest BCUT2D eigenvalue weighted by Gasteiger charge is 2.13. The molecule has 1 heterocycles. The molecule has 2 rings (SSSR count). The number of benzene rings is 1. The van der Waals surface area contributed by atoms with Crippen molar-refractivity contribution in [1.29, 1.82) is 0 Å². The number of imidazole rings is 1. The van der Waals surface area contributed by atoms with Crippen molar-refractivity contribution in [2.24, 2.45) is 0 Å². The monoisotopic (exact) mass is 245 g/mol. The minimum absolute atomic E-state index is 0.664. The molecule has 0 atom stereocenters. The number of aromatic nitrogens is 2. The molecule has 1 aromatic carbocycles. The van der Waals surface area contributed by atoms with Crippen molar-refractivity contribution in [2.45, 2.75) is 32.4 Å². The van der Waals surface area contributed by atoms with Gasteiger partial charge >= 0.3 is 0 Å². The summed E-state index contributed by atoms with van der Waals surface area (Å²) in [5, 5.41) is 9.76. The Bertz CT molecular complexity index is 509. The van der Waals surface area contributed by atoms with Crippen LogP contribution in [0.25, 0.3) is 11.4 Å². The van der Waals surface area contributed by atoms with Gasteiger partial charge in [0, 0.05) is 30.2 Å². The molecular weight excluding hydrogens is 226 g/mol. The SMILES string of the molecule is CC(C)(O)CCn1ccnc1-c1ccc(N)cc1. The molecule has 0 aliphatic rings. The number of nitrogens with zero attached hydrogens (tertiary/aromatic N) is 2. The van der Waals surface area contributed by atoms with E-state index in [9.17, 15) is 5.11 Å². The number of aliphatic hydroxyl groups is 1. The summed E-state index contributed by atoms with van der Waals surface area (Å²) in [5.41, 5.74) is 6.79. The van der Waals surface area contributed by atoms with Gasteiger partial charge in [0.15, 0.2) is 0 Å². The third kappa shape index (κ3) is 3.11. The molecular formula is C14H19N3O. The largest absolute Gasteiger partial charge is 0.399 e. The van der Waals surface area contributed by atoms with Gasteiger partial charge < -0.3 is 15.4 Å². The number of nitrogens with two attached hydrogens (primary N) is 1. The third-order valence-corrected chi connectivity index (χ3v) is 2.85. The summed E-state index contributed by atoms with van der Waals surface area (Å²) < 4.78 is 2.05. The van der Waals surface area contributed by atoms with Crippen LogP contribution >= 0.6 is 0 Å². The highest BCUT2D eigenvalue weighted by molar-refractivity contribution is 5.59. The van der Waals surface area contributed by atoms with Crippen LogP contribution in [-0.2, 0) is 6.54 Å². The fraction of sp³-hybridized carbons (Fsp3) is 0.357. The molecule has 0 bridgehead atoms. The van der Waals surface area contributed by atoms with Crippen LogP contribution in [0.1, 0.15) is 20.3 Å². The maximum Gasteiger partial charge on any atom is 0.139 e. The Morgan fingerprint density at radius 1 is 1.28 bits per heavy atom.